The zero-order chi connectivity index (χ0) is 20.2. The van der Waals surface area contributed by atoms with Crippen molar-refractivity contribution in [3.05, 3.63) is 12.2 Å². The number of hydrogen-bond donors (Lipinski definition) is 2. The van der Waals surface area contributed by atoms with Crippen LogP contribution < -0.4 is 10.6 Å². The van der Waals surface area contributed by atoms with Crippen molar-refractivity contribution >= 4 is 17.8 Å². The van der Waals surface area contributed by atoms with Crippen LogP contribution in [0, 0.1) is 23.7 Å². The highest BCUT2D eigenvalue weighted by Gasteiger charge is 2.58. The van der Waals surface area contributed by atoms with E-state index in [0.717, 1.165) is 26.0 Å². The van der Waals surface area contributed by atoms with Gasteiger partial charge in [-0.25, -0.2) is 0 Å². The number of likely N-dealkylation sites (tertiary alicyclic amines) is 1. The van der Waals surface area contributed by atoms with Crippen molar-refractivity contribution in [1.29, 1.82) is 0 Å². The van der Waals surface area contributed by atoms with Crippen LogP contribution in [0.4, 0.5) is 0 Å². The topological polar surface area (TPSA) is 83.0 Å². The zero-order valence-corrected chi connectivity index (χ0v) is 17.4. The van der Waals surface area contributed by atoms with Gasteiger partial charge in [0.1, 0.15) is 0 Å². The summed E-state index contributed by atoms with van der Waals surface area (Å²) in [6.07, 6.45) is 12.9. The van der Waals surface area contributed by atoms with E-state index >= 15 is 0 Å². The van der Waals surface area contributed by atoms with Gasteiger partial charge in [-0.1, -0.05) is 31.4 Å². The fraction of sp³-hybridized carbons (Fsp3) is 0.773. The highest BCUT2D eigenvalue weighted by Crippen LogP contribution is 2.52. The van der Waals surface area contributed by atoms with Crippen LogP contribution in [-0.4, -0.2) is 62.1 Å². The summed E-state index contributed by atoms with van der Waals surface area (Å²) < 4.78 is 5.94. The molecule has 160 valence electrons. The minimum Gasteiger partial charge on any atom is -0.378 e. The van der Waals surface area contributed by atoms with E-state index in [0.29, 0.717) is 25.2 Å². The second-order valence-corrected chi connectivity index (χ2v) is 8.74. The number of aliphatic imine (C=N–C) groups is 1. The Hall–Kier alpha value is -1.89. The smallest absolute Gasteiger partial charge is 0.233 e. The average molecular weight is 403 g/mol. The SMILES string of the molecule is CN=C(NCCCOC1CCCCC1)NCCN1C(=O)C2C3C=CC(C3)C2C1=O. The molecule has 2 bridgehead atoms. The number of rotatable bonds is 8. The fourth-order valence-electron chi connectivity index (χ4n) is 5.45. The molecule has 7 heteroatoms. The molecule has 0 aromatic heterocycles. The Kier molecular flexibility index (Phi) is 6.53. The van der Waals surface area contributed by atoms with Crippen LogP contribution in [0.3, 0.4) is 0 Å². The second-order valence-electron chi connectivity index (χ2n) is 8.74. The summed E-state index contributed by atoms with van der Waals surface area (Å²) in [6, 6.07) is 0. The van der Waals surface area contributed by atoms with Gasteiger partial charge in [-0.2, -0.15) is 0 Å². The maximum absolute atomic E-state index is 12.7. The normalized spacial score (nSPS) is 31.6. The van der Waals surface area contributed by atoms with Gasteiger partial charge in [0.2, 0.25) is 11.8 Å². The van der Waals surface area contributed by atoms with Crippen LogP contribution in [0.1, 0.15) is 44.9 Å². The minimum absolute atomic E-state index is 0.0152. The lowest BCUT2D eigenvalue weighted by Gasteiger charge is -2.22. The third-order valence-corrected chi connectivity index (χ3v) is 6.93. The molecule has 3 fully saturated rings. The first-order valence-corrected chi connectivity index (χ1v) is 11.3. The second kappa shape index (κ2) is 9.28. The number of amides is 2. The van der Waals surface area contributed by atoms with Crippen LogP contribution in [0.15, 0.2) is 17.1 Å². The predicted octanol–water partition coefficient (Wildman–Crippen LogP) is 1.70. The summed E-state index contributed by atoms with van der Waals surface area (Å²) in [5.41, 5.74) is 0. The quantitative estimate of drug-likeness (QED) is 0.212. The molecule has 0 spiro atoms. The summed E-state index contributed by atoms with van der Waals surface area (Å²) in [7, 11) is 1.73. The summed E-state index contributed by atoms with van der Waals surface area (Å²) in [6.45, 7) is 2.46. The molecule has 4 unspecified atom stereocenters. The lowest BCUT2D eigenvalue weighted by molar-refractivity contribution is -0.140. The van der Waals surface area contributed by atoms with Crippen molar-refractivity contribution in [2.45, 2.75) is 51.0 Å². The first-order chi connectivity index (χ1) is 14.2. The largest absolute Gasteiger partial charge is 0.378 e. The molecule has 0 aromatic rings. The molecule has 0 aromatic carbocycles. The molecule has 1 aliphatic heterocycles. The molecule has 3 aliphatic carbocycles. The Balaban J connectivity index is 1.13. The molecule has 2 saturated carbocycles. The van der Waals surface area contributed by atoms with Gasteiger partial charge >= 0.3 is 0 Å². The van der Waals surface area contributed by atoms with Crippen molar-refractivity contribution in [3.8, 4) is 0 Å². The van der Waals surface area contributed by atoms with Gasteiger partial charge in [-0.15, -0.1) is 0 Å². The summed E-state index contributed by atoms with van der Waals surface area (Å²) >= 11 is 0. The van der Waals surface area contributed by atoms with E-state index < -0.39 is 0 Å². The predicted molar refractivity (Wildman–Crippen MR) is 111 cm³/mol. The number of carbonyl (C=O) groups excluding carboxylic acids is 2. The lowest BCUT2D eigenvalue weighted by Crippen LogP contribution is -2.44. The third kappa shape index (κ3) is 4.34. The highest BCUT2D eigenvalue weighted by molar-refractivity contribution is 6.06. The molecule has 4 rings (SSSR count). The van der Waals surface area contributed by atoms with Crippen LogP contribution in [-0.2, 0) is 14.3 Å². The molecular formula is C22H34N4O3. The summed E-state index contributed by atoms with van der Waals surface area (Å²) in [4.78, 5) is 31.1. The Bertz CT molecular complexity index is 641. The van der Waals surface area contributed by atoms with E-state index in [1.165, 1.54) is 37.0 Å². The number of hydrogen-bond acceptors (Lipinski definition) is 4. The zero-order valence-electron chi connectivity index (χ0n) is 17.4. The average Bonchev–Trinajstić information content (AvgIpc) is 3.42. The molecule has 7 nitrogen and oxygen atoms in total. The van der Waals surface area contributed by atoms with E-state index in [4.69, 9.17) is 4.74 Å². The number of fused-ring (bicyclic) bond motifs is 5. The first kappa shape index (κ1) is 20.4. The Morgan fingerprint density at radius 3 is 2.38 bits per heavy atom. The van der Waals surface area contributed by atoms with Gasteiger partial charge < -0.3 is 15.4 Å². The molecule has 2 amide bonds. The van der Waals surface area contributed by atoms with Crippen LogP contribution in [0.25, 0.3) is 0 Å². The van der Waals surface area contributed by atoms with Crippen LogP contribution in [0.5, 0.6) is 0 Å². The van der Waals surface area contributed by atoms with Crippen molar-refractivity contribution in [3.63, 3.8) is 0 Å². The summed E-state index contributed by atoms with van der Waals surface area (Å²) in [5.74, 6) is 1.04. The first-order valence-electron chi connectivity index (χ1n) is 11.3. The van der Waals surface area contributed by atoms with E-state index in [1.807, 2.05) is 0 Å². The van der Waals surface area contributed by atoms with Crippen LogP contribution >= 0.6 is 0 Å². The number of guanidine groups is 1. The highest BCUT2D eigenvalue weighted by atomic mass is 16.5. The number of carbonyl (C=O) groups is 2. The molecular weight excluding hydrogens is 368 g/mol. The standard InChI is InChI=1S/C22H34N4O3/c1-23-22(24-10-5-13-29-17-6-3-2-4-7-17)25-11-12-26-20(27)18-15-8-9-16(14-15)19(18)21(26)28/h8-9,15-19H,2-7,10-14H2,1H3,(H2,23,24,25). The number of nitrogens with zero attached hydrogens (tertiary/aromatic N) is 2. The lowest BCUT2D eigenvalue weighted by atomic mass is 9.85. The van der Waals surface area contributed by atoms with Gasteiger partial charge in [-0.05, 0) is 37.5 Å². The number of allylic oxidation sites excluding steroid dienone is 2. The monoisotopic (exact) mass is 402 g/mol. The molecule has 1 heterocycles. The van der Waals surface area contributed by atoms with E-state index in [1.54, 1.807) is 7.05 Å². The van der Waals surface area contributed by atoms with Gasteiger partial charge in [0.25, 0.3) is 0 Å². The number of ether oxygens (including phenoxy) is 1. The fourth-order valence-corrected chi connectivity index (χ4v) is 5.45. The van der Waals surface area contributed by atoms with Crippen molar-refractivity contribution in [1.82, 2.24) is 15.5 Å². The van der Waals surface area contributed by atoms with E-state index in [2.05, 4.69) is 27.8 Å². The minimum atomic E-state index is -0.112. The van der Waals surface area contributed by atoms with Crippen LogP contribution in [0.2, 0.25) is 0 Å². The number of imide groups is 1. The maximum atomic E-state index is 12.7. The molecule has 2 N–H and O–H groups in total. The van der Waals surface area contributed by atoms with Crippen molar-refractivity contribution in [2.75, 3.05) is 33.3 Å². The number of nitrogens with one attached hydrogen (secondary N) is 2. The molecule has 4 aliphatic rings. The molecule has 0 radical (unpaired) electrons. The molecule has 1 saturated heterocycles. The van der Waals surface area contributed by atoms with Gasteiger partial charge in [0.05, 0.1) is 17.9 Å². The third-order valence-electron chi connectivity index (χ3n) is 6.93. The van der Waals surface area contributed by atoms with Crippen molar-refractivity contribution < 1.29 is 14.3 Å². The van der Waals surface area contributed by atoms with E-state index in [-0.39, 0.29) is 35.5 Å². The Morgan fingerprint density at radius 2 is 1.72 bits per heavy atom. The Labute approximate surface area is 173 Å². The molecule has 4 atom stereocenters. The van der Waals surface area contributed by atoms with Gasteiger partial charge in [0.15, 0.2) is 5.96 Å². The summed E-state index contributed by atoms with van der Waals surface area (Å²) in [5, 5.41) is 6.50. The van der Waals surface area contributed by atoms with Gasteiger partial charge in [-0.3, -0.25) is 19.5 Å². The molecule has 29 heavy (non-hydrogen) atoms. The van der Waals surface area contributed by atoms with Crippen molar-refractivity contribution in [2.24, 2.45) is 28.7 Å². The Morgan fingerprint density at radius 1 is 1.07 bits per heavy atom. The van der Waals surface area contributed by atoms with E-state index in [9.17, 15) is 9.59 Å². The van der Waals surface area contributed by atoms with Gasteiger partial charge in [0, 0.05) is 33.3 Å². The maximum Gasteiger partial charge on any atom is 0.233 e.